The Balaban J connectivity index is 1.72. The fourth-order valence-corrected chi connectivity index (χ4v) is 2.07. The van der Waals surface area contributed by atoms with Crippen molar-refractivity contribution in [2.45, 2.75) is 31.0 Å². The highest BCUT2D eigenvalue weighted by atomic mass is 19.1. The number of rotatable bonds is 6. The molecule has 2 unspecified atom stereocenters. The number of hydrogen-bond acceptors (Lipinski definition) is 7. The van der Waals surface area contributed by atoms with Gasteiger partial charge in [0.2, 0.25) is 5.91 Å². The minimum Gasteiger partial charge on any atom is -0.387 e. The van der Waals surface area contributed by atoms with Crippen LogP contribution < -0.4 is 10.9 Å². The third kappa shape index (κ3) is 3.47. The van der Waals surface area contributed by atoms with E-state index in [2.05, 4.69) is 10.9 Å². The first-order chi connectivity index (χ1) is 10.4. The van der Waals surface area contributed by atoms with Crippen molar-refractivity contribution in [1.82, 2.24) is 15.8 Å². The predicted octanol–water partition coefficient (Wildman–Crippen LogP) is -2.66. The number of carbonyl (C=O) groups is 3. The Kier molecular flexibility index (Phi) is 5.19. The standard InChI is InChI=1S/C12H16FN3O6/c13-5-6-10(20)11(21)12(22-6)15-14-7(17)3-4-16-8(18)1-2-9(16)19/h1-2,6,10-12,15,20-21H,3-5H2,(H,14,17)/t6?,10-,11-,12?/m1/s1. The third-order valence-electron chi connectivity index (χ3n) is 3.33. The molecule has 1 fully saturated rings. The van der Waals surface area contributed by atoms with Crippen LogP contribution in [0, 0.1) is 0 Å². The van der Waals surface area contributed by atoms with Gasteiger partial charge in [0, 0.05) is 25.1 Å². The van der Waals surface area contributed by atoms with Gasteiger partial charge in [-0.2, -0.15) is 0 Å². The van der Waals surface area contributed by atoms with E-state index in [1.807, 2.05) is 0 Å². The highest BCUT2D eigenvalue weighted by molar-refractivity contribution is 6.13. The van der Waals surface area contributed by atoms with Crippen molar-refractivity contribution >= 4 is 17.7 Å². The summed E-state index contributed by atoms with van der Waals surface area (Å²) >= 11 is 0. The van der Waals surface area contributed by atoms with Gasteiger partial charge in [0.25, 0.3) is 11.8 Å². The molecule has 4 N–H and O–H groups in total. The number of amides is 3. The number of nitrogens with zero attached hydrogens (tertiary/aromatic N) is 1. The summed E-state index contributed by atoms with van der Waals surface area (Å²) in [4.78, 5) is 35.0. The number of aliphatic hydroxyl groups is 2. The lowest BCUT2D eigenvalue weighted by atomic mass is 10.1. The quantitative estimate of drug-likeness (QED) is 0.311. The molecule has 22 heavy (non-hydrogen) atoms. The van der Waals surface area contributed by atoms with Crippen LogP contribution in [-0.4, -0.2) is 70.6 Å². The molecule has 2 aliphatic rings. The Morgan fingerprint density at radius 3 is 2.45 bits per heavy atom. The van der Waals surface area contributed by atoms with Gasteiger partial charge in [0.15, 0.2) is 6.23 Å². The molecule has 1 saturated heterocycles. The van der Waals surface area contributed by atoms with Crippen molar-refractivity contribution in [3.63, 3.8) is 0 Å². The summed E-state index contributed by atoms with van der Waals surface area (Å²) in [7, 11) is 0. The maximum atomic E-state index is 12.5. The monoisotopic (exact) mass is 317 g/mol. The molecule has 9 nitrogen and oxygen atoms in total. The van der Waals surface area contributed by atoms with Crippen LogP contribution in [0.5, 0.6) is 0 Å². The molecule has 0 bridgehead atoms. The van der Waals surface area contributed by atoms with Crippen molar-refractivity contribution in [2.24, 2.45) is 0 Å². The SMILES string of the molecule is O=C(CCN1C(=O)C=CC1=O)NNC1OC(CF)[C@@H](O)[C@H]1O. The van der Waals surface area contributed by atoms with E-state index in [4.69, 9.17) is 4.74 Å². The zero-order valence-electron chi connectivity index (χ0n) is 11.4. The molecule has 2 rings (SSSR count). The van der Waals surface area contributed by atoms with E-state index in [9.17, 15) is 29.0 Å². The van der Waals surface area contributed by atoms with Gasteiger partial charge in [-0.3, -0.25) is 24.7 Å². The Hall–Kier alpha value is -1.88. The van der Waals surface area contributed by atoms with Crippen molar-refractivity contribution in [2.75, 3.05) is 13.2 Å². The smallest absolute Gasteiger partial charge is 0.253 e. The first-order valence-electron chi connectivity index (χ1n) is 6.59. The number of imide groups is 1. The summed E-state index contributed by atoms with van der Waals surface area (Å²) in [5.41, 5.74) is 4.52. The number of aliphatic hydroxyl groups excluding tert-OH is 2. The summed E-state index contributed by atoms with van der Waals surface area (Å²) < 4.78 is 17.4. The molecule has 0 spiro atoms. The van der Waals surface area contributed by atoms with Crippen molar-refractivity contribution in [3.8, 4) is 0 Å². The van der Waals surface area contributed by atoms with E-state index in [0.717, 1.165) is 17.1 Å². The molecule has 0 aromatic rings. The van der Waals surface area contributed by atoms with Crippen LogP contribution in [0.15, 0.2) is 12.2 Å². The molecule has 0 aliphatic carbocycles. The van der Waals surface area contributed by atoms with E-state index in [1.165, 1.54) is 0 Å². The van der Waals surface area contributed by atoms with Crippen molar-refractivity contribution in [3.05, 3.63) is 12.2 Å². The van der Waals surface area contributed by atoms with Crippen LogP contribution in [-0.2, 0) is 19.1 Å². The minimum atomic E-state index is -1.40. The van der Waals surface area contributed by atoms with Gasteiger partial charge in [-0.1, -0.05) is 0 Å². The van der Waals surface area contributed by atoms with Gasteiger partial charge in [-0.15, -0.1) is 0 Å². The van der Waals surface area contributed by atoms with Crippen LogP contribution in [0.4, 0.5) is 4.39 Å². The minimum absolute atomic E-state index is 0.0953. The molecule has 2 aliphatic heterocycles. The van der Waals surface area contributed by atoms with Crippen LogP contribution in [0.25, 0.3) is 0 Å². The van der Waals surface area contributed by atoms with E-state index in [1.54, 1.807) is 0 Å². The van der Waals surface area contributed by atoms with Crippen molar-refractivity contribution < 1.29 is 33.7 Å². The topological polar surface area (TPSA) is 128 Å². The summed E-state index contributed by atoms with van der Waals surface area (Å²) in [5.74, 6) is -1.55. The molecule has 0 aromatic carbocycles. The van der Waals surface area contributed by atoms with Gasteiger partial charge in [-0.05, 0) is 0 Å². The normalized spacial score (nSPS) is 31.1. The lowest BCUT2D eigenvalue weighted by Crippen LogP contribution is -2.50. The Bertz CT molecular complexity index is 481. The van der Waals surface area contributed by atoms with E-state index in [-0.39, 0.29) is 13.0 Å². The van der Waals surface area contributed by atoms with Gasteiger partial charge in [0.05, 0.1) is 0 Å². The Morgan fingerprint density at radius 1 is 1.27 bits per heavy atom. The average molecular weight is 317 g/mol. The Morgan fingerprint density at radius 2 is 1.91 bits per heavy atom. The number of alkyl halides is 1. The largest absolute Gasteiger partial charge is 0.387 e. The third-order valence-corrected chi connectivity index (χ3v) is 3.33. The lowest BCUT2D eigenvalue weighted by molar-refractivity contribution is -0.137. The lowest BCUT2D eigenvalue weighted by Gasteiger charge is -2.18. The summed E-state index contributed by atoms with van der Waals surface area (Å²) in [6, 6.07) is 0. The fourth-order valence-electron chi connectivity index (χ4n) is 2.07. The van der Waals surface area contributed by atoms with Gasteiger partial charge in [-0.25, -0.2) is 9.82 Å². The van der Waals surface area contributed by atoms with Crippen LogP contribution in [0.2, 0.25) is 0 Å². The van der Waals surface area contributed by atoms with Crippen LogP contribution >= 0.6 is 0 Å². The summed E-state index contributed by atoms with van der Waals surface area (Å²) in [6.07, 6.45) is -3.06. The molecular formula is C12H16FN3O6. The predicted molar refractivity (Wildman–Crippen MR) is 68.4 cm³/mol. The second-order valence-electron chi connectivity index (χ2n) is 4.83. The van der Waals surface area contributed by atoms with E-state index < -0.39 is 48.9 Å². The molecule has 0 radical (unpaired) electrons. The molecule has 10 heteroatoms. The Labute approximate surface area is 124 Å². The molecule has 0 saturated carbocycles. The van der Waals surface area contributed by atoms with E-state index in [0.29, 0.717) is 0 Å². The second-order valence-corrected chi connectivity index (χ2v) is 4.83. The first-order valence-corrected chi connectivity index (χ1v) is 6.59. The highest BCUT2D eigenvalue weighted by Crippen LogP contribution is 2.19. The number of carbonyl (C=O) groups excluding carboxylic acids is 3. The fraction of sp³-hybridized carbons (Fsp3) is 0.583. The number of ether oxygens (including phenoxy) is 1. The first kappa shape index (κ1) is 16.5. The van der Waals surface area contributed by atoms with Gasteiger partial charge < -0.3 is 14.9 Å². The number of hydrazine groups is 1. The molecular weight excluding hydrogens is 301 g/mol. The highest BCUT2D eigenvalue weighted by Gasteiger charge is 2.42. The van der Waals surface area contributed by atoms with Crippen LogP contribution in [0.3, 0.4) is 0 Å². The zero-order valence-corrected chi connectivity index (χ0v) is 11.4. The van der Waals surface area contributed by atoms with Crippen molar-refractivity contribution in [1.29, 1.82) is 0 Å². The van der Waals surface area contributed by atoms with Crippen LogP contribution in [0.1, 0.15) is 6.42 Å². The zero-order chi connectivity index (χ0) is 16.3. The average Bonchev–Trinajstić information content (AvgIpc) is 2.96. The number of halogens is 1. The van der Waals surface area contributed by atoms with Gasteiger partial charge >= 0.3 is 0 Å². The maximum Gasteiger partial charge on any atom is 0.253 e. The molecule has 4 atom stereocenters. The molecule has 122 valence electrons. The maximum absolute atomic E-state index is 12.5. The second kappa shape index (κ2) is 6.92. The summed E-state index contributed by atoms with van der Waals surface area (Å²) in [5, 5.41) is 19.0. The molecule has 0 aromatic heterocycles. The molecule has 3 amide bonds. The number of hydrogen-bond donors (Lipinski definition) is 4. The van der Waals surface area contributed by atoms with E-state index >= 15 is 0 Å². The summed E-state index contributed by atoms with van der Waals surface area (Å²) in [6.45, 7) is -1.07. The van der Waals surface area contributed by atoms with Gasteiger partial charge in [0.1, 0.15) is 25.0 Å². The number of nitrogens with one attached hydrogen (secondary N) is 2. The molecule has 2 heterocycles.